The summed E-state index contributed by atoms with van der Waals surface area (Å²) in [5, 5.41) is 0. The van der Waals surface area contributed by atoms with Crippen molar-refractivity contribution in [2.24, 2.45) is 0 Å². The lowest BCUT2D eigenvalue weighted by molar-refractivity contribution is 0.0914. The Morgan fingerprint density at radius 3 is 2.29 bits per heavy atom. The van der Waals surface area contributed by atoms with Gasteiger partial charge in [0.1, 0.15) is 10.2 Å². The van der Waals surface area contributed by atoms with Crippen LogP contribution in [0.25, 0.3) is 0 Å². The molecule has 5 heteroatoms. The standard InChI is InChI=1S/C12H9BrO4/c1-16-6-3-4-7-8(5-6)11(15)12(17-2)9(13)10(7)14/h3-5H,1-2H3. The number of carbonyl (C=O) groups excluding carboxylic acids is 2. The normalized spacial score (nSPS) is 14.8. The number of fused-ring (bicyclic) bond motifs is 1. The maximum absolute atomic E-state index is 12.1. The van der Waals surface area contributed by atoms with E-state index in [0.717, 1.165) is 0 Å². The average molecular weight is 297 g/mol. The van der Waals surface area contributed by atoms with Gasteiger partial charge < -0.3 is 9.47 Å². The molecular formula is C12H9BrO4. The van der Waals surface area contributed by atoms with E-state index in [0.29, 0.717) is 16.9 Å². The molecule has 0 spiro atoms. The van der Waals surface area contributed by atoms with Gasteiger partial charge in [-0.15, -0.1) is 0 Å². The minimum atomic E-state index is -0.326. The highest BCUT2D eigenvalue weighted by Gasteiger charge is 2.32. The van der Waals surface area contributed by atoms with Crippen LogP contribution in [0.5, 0.6) is 5.75 Å². The molecule has 0 saturated heterocycles. The highest BCUT2D eigenvalue weighted by molar-refractivity contribution is 9.12. The first-order valence-corrected chi connectivity index (χ1v) is 5.60. The number of carbonyl (C=O) groups is 2. The first-order valence-electron chi connectivity index (χ1n) is 4.81. The SMILES string of the molecule is COC1=C(Br)C(=O)c2ccc(OC)cc2C1=O. The second-order valence-electron chi connectivity index (χ2n) is 3.42. The molecule has 0 atom stereocenters. The Balaban J connectivity index is 2.64. The molecular weight excluding hydrogens is 288 g/mol. The molecule has 88 valence electrons. The Bertz CT molecular complexity index is 545. The molecule has 0 fully saturated rings. The van der Waals surface area contributed by atoms with Gasteiger partial charge in [-0.2, -0.15) is 0 Å². The summed E-state index contributed by atoms with van der Waals surface area (Å²) in [6.45, 7) is 0. The molecule has 0 aliphatic heterocycles. The van der Waals surface area contributed by atoms with Crippen molar-refractivity contribution in [1.82, 2.24) is 0 Å². The molecule has 0 radical (unpaired) electrons. The van der Waals surface area contributed by atoms with Gasteiger partial charge in [0.25, 0.3) is 0 Å². The number of rotatable bonds is 2. The van der Waals surface area contributed by atoms with Crippen molar-refractivity contribution in [2.45, 2.75) is 0 Å². The van der Waals surface area contributed by atoms with E-state index in [2.05, 4.69) is 15.9 Å². The van der Waals surface area contributed by atoms with Crippen molar-refractivity contribution < 1.29 is 19.1 Å². The summed E-state index contributed by atoms with van der Waals surface area (Å²) in [4.78, 5) is 24.0. The maximum atomic E-state index is 12.1. The summed E-state index contributed by atoms with van der Waals surface area (Å²) in [7, 11) is 2.85. The molecule has 1 aromatic rings. The van der Waals surface area contributed by atoms with Crippen LogP contribution in [0.1, 0.15) is 20.7 Å². The number of benzene rings is 1. The fraction of sp³-hybridized carbons (Fsp3) is 0.167. The molecule has 1 aromatic carbocycles. The minimum Gasteiger partial charge on any atom is -0.497 e. The minimum absolute atomic E-state index is 0.0238. The smallest absolute Gasteiger partial charge is 0.229 e. The lowest BCUT2D eigenvalue weighted by Crippen LogP contribution is -2.20. The van der Waals surface area contributed by atoms with Gasteiger partial charge in [0, 0.05) is 11.1 Å². The second kappa shape index (κ2) is 4.33. The van der Waals surface area contributed by atoms with Crippen molar-refractivity contribution in [3.05, 3.63) is 39.6 Å². The van der Waals surface area contributed by atoms with Gasteiger partial charge in [0.15, 0.2) is 5.76 Å². The van der Waals surface area contributed by atoms with Crippen molar-refractivity contribution in [3.63, 3.8) is 0 Å². The number of allylic oxidation sites excluding steroid dienone is 2. The summed E-state index contributed by atoms with van der Waals surface area (Å²) in [5.74, 6) is -0.0406. The lowest BCUT2D eigenvalue weighted by atomic mass is 9.93. The Hall–Kier alpha value is -1.62. The van der Waals surface area contributed by atoms with E-state index < -0.39 is 0 Å². The Morgan fingerprint density at radius 2 is 1.71 bits per heavy atom. The van der Waals surface area contributed by atoms with E-state index in [-0.39, 0.29) is 21.8 Å². The number of Topliss-reactive ketones (excluding diaryl/α,β-unsaturated/α-hetero) is 2. The lowest BCUT2D eigenvalue weighted by Gasteiger charge is -2.17. The van der Waals surface area contributed by atoms with E-state index in [1.54, 1.807) is 12.1 Å². The highest BCUT2D eigenvalue weighted by atomic mass is 79.9. The highest BCUT2D eigenvalue weighted by Crippen LogP contribution is 2.31. The molecule has 1 aliphatic carbocycles. The zero-order valence-electron chi connectivity index (χ0n) is 9.24. The third-order valence-corrected chi connectivity index (χ3v) is 3.25. The number of hydrogen-bond acceptors (Lipinski definition) is 4. The van der Waals surface area contributed by atoms with Gasteiger partial charge in [0.2, 0.25) is 11.6 Å². The number of ether oxygens (including phenoxy) is 2. The predicted octanol–water partition coefficient (Wildman–Crippen LogP) is 2.33. The van der Waals surface area contributed by atoms with Crippen molar-refractivity contribution in [3.8, 4) is 5.75 Å². The fourth-order valence-electron chi connectivity index (χ4n) is 1.66. The number of methoxy groups -OCH3 is 2. The molecule has 0 aromatic heterocycles. The van der Waals surface area contributed by atoms with E-state index in [1.807, 2.05) is 0 Å². The van der Waals surface area contributed by atoms with Crippen LogP contribution < -0.4 is 4.74 Å². The first kappa shape index (κ1) is 11.9. The van der Waals surface area contributed by atoms with Gasteiger partial charge in [-0.25, -0.2) is 0 Å². The van der Waals surface area contributed by atoms with Gasteiger partial charge in [-0.3, -0.25) is 9.59 Å². The van der Waals surface area contributed by atoms with Crippen LogP contribution in [-0.2, 0) is 4.74 Å². The summed E-state index contributed by atoms with van der Waals surface area (Å²) in [5.41, 5.74) is 0.651. The van der Waals surface area contributed by atoms with Crippen molar-refractivity contribution >= 4 is 27.5 Å². The third kappa shape index (κ3) is 1.76. The van der Waals surface area contributed by atoms with Crippen LogP contribution in [0.2, 0.25) is 0 Å². The van der Waals surface area contributed by atoms with E-state index in [9.17, 15) is 9.59 Å². The van der Waals surface area contributed by atoms with Crippen LogP contribution in [0.15, 0.2) is 28.4 Å². The van der Waals surface area contributed by atoms with Crippen LogP contribution in [0.4, 0.5) is 0 Å². The second-order valence-corrected chi connectivity index (χ2v) is 4.21. The molecule has 1 aliphatic rings. The molecule has 4 nitrogen and oxygen atoms in total. The predicted molar refractivity (Wildman–Crippen MR) is 64.6 cm³/mol. The third-order valence-electron chi connectivity index (χ3n) is 2.53. The zero-order valence-corrected chi connectivity index (χ0v) is 10.8. The first-order chi connectivity index (χ1) is 8.10. The van der Waals surface area contributed by atoms with Crippen molar-refractivity contribution in [2.75, 3.05) is 14.2 Å². The molecule has 0 heterocycles. The Labute approximate surface area is 106 Å². The zero-order chi connectivity index (χ0) is 12.6. The Morgan fingerprint density at radius 1 is 1.00 bits per heavy atom. The molecule has 0 saturated carbocycles. The van der Waals surface area contributed by atoms with Gasteiger partial charge in [0.05, 0.1) is 14.2 Å². The van der Waals surface area contributed by atoms with Crippen molar-refractivity contribution in [1.29, 1.82) is 0 Å². The number of hydrogen-bond donors (Lipinski definition) is 0. The van der Waals surface area contributed by atoms with Crippen LogP contribution in [0.3, 0.4) is 0 Å². The van der Waals surface area contributed by atoms with E-state index in [1.165, 1.54) is 20.3 Å². The van der Waals surface area contributed by atoms with Crippen LogP contribution in [-0.4, -0.2) is 25.8 Å². The summed E-state index contributed by atoms with van der Waals surface area (Å²) >= 11 is 3.08. The molecule has 0 bridgehead atoms. The number of halogens is 1. The van der Waals surface area contributed by atoms with Gasteiger partial charge >= 0.3 is 0 Å². The van der Waals surface area contributed by atoms with Gasteiger partial charge in [-0.1, -0.05) is 0 Å². The van der Waals surface area contributed by atoms with E-state index in [4.69, 9.17) is 9.47 Å². The molecule has 0 amide bonds. The van der Waals surface area contributed by atoms with Crippen LogP contribution in [0, 0.1) is 0 Å². The molecule has 2 rings (SSSR count). The van der Waals surface area contributed by atoms with Crippen LogP contribution >= 0.6 is 15.9 Å². The average Bonchev–Trinajstić information content (AvgIpc) is 2.36. The number of ketones is 2. The fourth-order valence-corrected chi connectivity index (χ4v) is 2.22. The molecule has 0 N–H and O–H groups in total. The maximum Gasteiger partial charge on any atom is 0.229 e. The quantitative estimate of drug-likeness (QED) is 0.840. The summed E-state index contributed by atoms with van der Waals surface area (Å²) in [6.07, 6.45) is 0. The van der Waals surface area contributed by atoms with E-state index >= 15 is 0 Å². The van der Waals surface area contributed by atoms with Gasteiger partial charge in [-0.05, 0) is 34.1 Å². The topological polar surface area (TPSA) is 52.6 Å². The molecule has 17 heavy (non-hydrogen) atoms. The Kier molecular flexibility index (Phi) is 3.02. The largest absolute Gasteiger partial charge is 0.497 e. The summed E-state index contributed by atoms with van der Waals surface area (Å²) in [6, 6.07) is 4.75. The monoisotopic (exact) mass is 296 g/mol. The summed E-state index contributed by atoms with van der Waals surface area (Å²) < 4.78 is 10.1. The molecule has 0 unspecified atom stereocenters.